The fourth-order valence-corrected chi connectivity index (χ4v) is 3.12. The second-order valence-corrected chi connectivity index (χ2v) is 6.76. The first-order chi connectivity index (χ1) is 15.5. The molecule has 3 aromatic carbocycles. The van der Waals surface area contributed by atoms with E-state index in [1.54, 1.807) is 36.4 Å². The Morgan fingerprint density at radius 2 is 1.53 bits per heavy atom. The number of nitrogens with zero attached hydrogens (tertiary/aromatic N) is 1. The molecule has 0 saturated heterocycles. The van der Waals surface area contributed by atoms with E-state index in [-0.39, 0.29) is 17.0 Å². The zero-order valence-corrected chi connectivity index (χ0v) is 17.2. The maximum Gasteiger partial charge on any atom is 0.286 e. The number of amides is 1. The van der Waals surface area contributed by atoms with E-state index >= 15 is 0 Å². The van der Waals surface area contributed by atoms with Crippen molar-refractivity contribution in [2.45, 2.75) is 6.92 Å². The lowest BCUT2D eigenvalue weighted by atomic mass is 10.1. The summed E-state index contributed by atoms with van der Waals surface area (Å²) in [5.74, 6) is 1.87. The van der Waals surface area contributed by atoms with Gasteiger partial charge in [0.1, 0.15) is 36.0 Å². The van der Waals surface area contributed by atoms with Crippen molar-refractivity contribution in [3.63, 3.8) is 0 Å². The molecule has 1 aliphatic rings. The average molecular weight is 436 g/mol. The maximum atomic E-state index is 12.7. The fourth-order valence-electron chi connectivity index (χ4n) is 3.12. The van der Waals surface area contributed by atoms with Crippen molar-refractivity contribution in [1.82, 2.24) is 0 Å². The van der Waals surface area contributed by atoms with E-state index in [1.807, 2.05) is 19.1 Å². The Balaban J connectivity index is 1.46. The van der Waals surface area contributed by atoms with Gasteiger partial charge in [0.15, 0.2) is 11.5 Å². The third-order valence-corrected chi connectivity index (χ3v) is 4.58. The van der Waals surface area contributed by atoms with Crippen LogP contribution in [0.5, 0.6) is 28.7 Å². The highest BCUT2D eigenvalue weighted by Gasteiger charge is 2.26. The van der Waals surface area contributed by atoms with Gasteiger partial charge >= 0.3 is 0 Å². The minimum Gasteiger partial charge on any atom is -0.494 e. The summed E-state index contributed by atoms with van der Waals surface area (Å²) >= 11 is 0. The van der Waals surface area contributed by atoms with Gasteiger partial charge in [-0.25, -0.2) is 0 Å². The summed E-state index contributed by atoms with van der Waals surface area (Å²) in [6.45, 7) is 3.10. The fraction of sp³-hybridized carbons (Fsp3) is 0.174. The maximum absolute atomic E-state index is 12.7. The smallest absolute Gasteiger partial charge is 0.286 e. The molecule has 4 rings (SSSR count). The molecule has 1 aliphatic heterocycles. The summed E-state index contributed by atoms with van der Waals surface area (Å²) in [7, 11) is 0. The number of fused-ring (bicyclic) bond motifs is 1. The molecule has 32 heavy (non-hydrogen) atoms. The Hall–Kier alpha value is -4.27. The third-order valence-electron chi connectivity index (χ3n) is 4.58. The Kier molecular flexibility index (Phi) is 6.07. The molecule has 9 nitrogen and oxygen atoms in total. The van der Waals surface area contributed by atoms with E-state index in [2.05, 4.69) is 5.32 Å². The highest BCUT2D eigenvalue weighted by atomic mass is 16.6. The van der Waals surface area contributed by atoms with Gasteiger partial charge in [0.25, 0.3) is 11.6 Å². The number of nitro benzene ring substituents is 1. The van der Waals surface area contributed by atoms with Crippen molar-refractivity contribution in [3.05, 3.63) is 76.3 Å². The van der Waals surface area contributed by atoms with Crippen molar-refractivity contribution >= 4 is 17.3 Å². The van der Waals surface area contributed by atoms with Crippen LogP contribution in [-0.4, -0.2) is 30.7 Å². The largest absolute Gasteiger partial charge is 0.494 e. The van der Waals surface area contributed by atoms with E-state index in [1.165, 1.54) is 12.1 Å². The van der Waals surface area contributed by atoms with Crippen molar-refractivity contribution in [2.75, 3.05) is 25.1 Å². The molecule has 0 radical (unpaired) electrons. The van der Waals surface area contributed by atoms with Crippen LogP contribution in [0.25, 0.3) is 0 Å². The van der Waals surface area contributed by atoms with Crippen LogP contribution in [-0.2, 0) is 0 Å². The number of nitro groups is 1. The van der Waals surface area contributed by atoms with Gasteiger partial charge in [0, 0.05) is 11.8 Å². The first kappa shape index (κ1) is 21.0. The van der Waals surface area contributed by atoms with Crippen LogP contribution in [0.2, 0.25) is 0 Å². The molecular formula is C23H20N2O7. The molecule has 0 bridgehead atoms. The molecule has 0 spiro atoms. The average Bonchev–Trinajstić information content (AvgIpc) is 2.81. The zero-order valence-electron chi connectivity index (χ0n) is 17.2. The highest BCUT2D eigenvalue weighted by molar-refractivity contribution is 6.07. The van der Waals surface area contributed by atoms with Crippen LogP contribution >= 0.6 is 0 Å². The predicted molar refractivity (Wildman–Crippen MR) is 116 cm³/mol. The van der Waals surface area contributed by atoms with Crippen LogP contribution in [0.1, 0.15) is 17.3 Å². The Morgan fingerprint density at radius 3 is 2.12 bits per heavy atom. The summed E-state index contributed by atoms with van der Waals surface area (Å²) in [6, 6.07) is 16.4. The minimum absolute atomic E-state index is 0.117. The number of anilines is 1. The monoisotopic (exact) mass is 436 g/mol. The normalized spacial score (nSPS) is 12.0. The number of carbonyl (C=O) groups excluding carboxylic acids is 1. The molecule has 9 heteroatoms. The Morgan fingerprint density at radius 1 is 0.969 bits per heavy atom. The molecule has 0 aliphatic carbocycles. The van der Waals surface area contributed by atoms with Crippen LogP contribution in [0.3, 0.4) is 0 Å². The van der Waals surface area contributed by atoms with Gasteiger partial charge in [-0.05, 0) is 55.5 Å². The van der Waals surface area contributed by atoms with Crippen LogP contribution in [0.15, 0.2) is 60.7 Å². The second kappa shape index (κ2) is 9.25. The van der Waals surface area contributed by atoms with E-state index in [0.717, 1.165) is 5.75 Å². The number of hydrogen-bond donors (Lipinski definition) is 1. The molecule has 0 unspecified atom stereocenters. The lowest BCUT2D eigenvalue weighted by Gasteiger charge is -2.18. The summed E-state index contributed by atoms with van der Waals surface area (Å²) in [4.78, 5) is 23.6. The quantitative estimate of drug-likeness (QED) is 0.418. The van der Waals surface area contributed by atoms with Gasteiger partial charge in [-0.1, -0.05) is 0 Å². The van der Waals surface area contributed by atoms with Gasteiger partial charge in [0.2, 0.25) is 0 Å². The SMILES string of the molecule is CCOc1ccc(Oc2ccc(NC(=O)c3cc4c(cc3[N+](=O)[O-])OCCO4)cc2)cc1. The number of carbonyl (C=O) groups is 1. The molecule has 1 heterocycles. The summed E-state index contributed by atoms with van der Waals surface area (Å²) in [6.07, 6.45) is 0. The number of nitrogens with one attached hydrogen (secondary N) is 1. The lowest BCUT2D eigenvalue weighted by Crippen LogP contribution is -2.18. The summed E-state index contributed by atoms with van der Waals surface area (Å²) in [5, 5.41) is 14.1. The zero-order chi connectivity index (χ0) is 22.5. The highest BCUT2D eigenvalue weighted by Crippen LogP contribution is 2.37. The predicted octanol–water partition coefficient (Wildman–Crippen LogP) is 4.81. The molecule has 1 N–H and O–H groups in total. The van der Waals surface area contributed by atoms with E-state index in [4.69, 9.17) is 18.9 Å². The number of ether oxygens (including phenoxy) is 4. The Labute approximate surface area is 183 Å². The molecule has 0 atom stereocenters. The lowest BCUT2D eigenvalue weighted by molar-refractivity contribution is -0.385. The van der Waals surface area contributed by atoms with Crippen molar-refractivity contribution in [1.29, 1.82) is 0 Å². The molecule has 3 aromatic rings. The van der Waals surface area contributed by atoms with Gasteiger partial charge < -0.3 is 24.3 Å². The molecule has 0 aromatic heterocycles. The summed E-state index contributed by atoms with van der Waals surface area (Å²) < 4.78 is 22.0. The number of rotatable bonds is 7. The van der Waals surface area contributed by atoms with Crippen LogP contribution < -0.4 is 24.3 Å². The van der Waals surface area contributed by atoms with Crippen molar-refractivity contribution in [3.8, 4) is 28.7 Å². The van der Waals surface area contributed by atoms with Crippen LogP contribution in [0.4, 0.5) is 11.4 Å². The second-order valence-electron chi connectivity index (χ2n) is 6.76. The first-order valence-corrected chi connectivity index (χ1v) is 9.93. The Bertz CT molecular complexity index is 1130. The number of benzene rings is 3. The van der Waals surface area contributed by atoms with Gasteiger partial charge in [0.05, 0.1) is 17.6 Å². The van der Waals surface area contributed by atoms with Crippen molar-refractivity contribution in [2.24, 2.45) is 0 Å². The number of hydrogen-bond acceptors (Lipinski definition) is 7. The standard InChI is InChI=1S/C23H20N2O7/c1-2-29-16-7-9-18(10-8-16)32-17-5-3-15(4-6-17)24-23(26)19-13-21-22(31-12-11-30-21)14-20(19)25(27)28/h3-10,13-14H,2,11-12H2,1H3,(H,24,26). The van der Waals surface area contributed by atoms with E-state index < -0.39 is 10.8 Å². The third kappa shape index (κ3) is 4.72. The van der Waals surface area contributed by atoms with Gasteiger partial charge in [-0.3, -0.25) is 14.9 Å². The van der Waals surface area contributed by atoms with E-state index in [9.17, 15) is 14.9 Å². The minimum atomic E-state index is -0.631. The topological polar surface area (TPSA) is 109 Å². The van der Waals surface area contributed by atoms with Crippen molar-refractivity contribution < 1.29 is 28.7 Å². The van der Waals surface area contributed by atoms with Gasteiger partial charge in [-0.2, -0.15) is 0 Å². The molecule has 164 valence electrons. The summed E-state index contributed by atoms with van der Waals surface area (Å²) in [5.41, 5.74) is -0.0191. The molecule has 1 amide bonds. The van der Waals surface area contributed by atoms with Gasteiger partial charge in [-0.15, -0.1) is 0 Å². The molecule has 0 saturated carbocycles. The first-order valence-electron chi connectivity index (χ1n) is 9.93. The molecule has 0 fully saturated rings. The van der Waals surface area contributed by atoms with E-state index in [0.29, 0.717) is 42.8 Å². The van der Waals surface area contributed by atoms with Crippen LogP contribution in [0, 0.1) is 10.1 Å². The molecular weight excluding hydrogens is 416 g/mol.